The monoisotopic (exact) mass is 262 g/mol. The summed E-state index contributed by atoms with van der Waals surface area (Å²) in [5, 5.41) is 3.35. The lowest BCUT2D eigenvalue weighted by molar-refractivity contribution is 0.0637. The molecule has 1 N–H and O–H groups in total. The highest BCUT2D eigenvalue weighted by Crippen LogP contribution is 2.19. The number of amides is 1. The summed E-state index contributed by atoms with van der Waals surface area (Å²) in [6.45, 7) is 2.94. The summed E-state index contributed by atoms with van der Waals surface area (Å²) in [4.78, 5) is 13.3. The Hall–Kier alpha value is -1.55. The van der Waals surface area contributed by atoms with E-state index in [2.05, 4.69) is 12.2 Å². The molecule has 0 aromatic heterocycles. The van der Waals surface area contributed by atoms with Crippen molar-refractivity contribution >= 4 is 11.6 Å². The maximum absolute atomic E-state index is 11.7. The molecule has 1 fully saturated rings. The molecule has 0 spiro atoms. The SMILES string of the molecule is CC1CCC(CNc2ccc(C(=O)N(C)C)cc2)O1. The lowest BCUT2D eigenvalue weighted by Gasteiger charge is -2.14. The Morgan fingerprint density at radius 1 is 1.32 bits per heavy atom. The van der Waals surface area contributed by atoms with Crippen molar-refractivity contribution in [2.75, 3.05) is 26.0 Å². The number of anilines is 1. The average molecular weight is 262 g/mol. The quantitative estimate of drug-likeness (QED) is 0.905. The van der Waals surface area contributed by atoms with E-state index in [1.807, 2.05) is 24.3 Å². The second-order valence-corrected chi connectivity index (χ2v) is 5.30. The first-order valence-electron chi connectivity index (χ1n) is 6.77. The molecular formula is C15H22N2O2. The summed E-state index contributed by atoms with van der Waals surface area (Å²) in [6, 6.07) is 7.58. The molecule has 1 heterocycles. The van der Waals surface area contributed by atoms with Gasteiger partial charge in [-0.2, -0.15) is 0 Å². The molecule has 0 bridgehead atoms. The van der Waals surface area contributed by atoms with Crippen molar-refractivity contribution in [2.45, 2.75) is 32.0 Å². The zero-order chi connectivity index (χ0) is 13.8. The fourth-order valence-corrected chi connectivity index (χ4v) is 2.26. The van der Waals surface area contributed by atoms with Crippen LogP contribution in [-0.2, 0) is 4.74 Å². The van der Waals surface area contributed by atoms with Gasteiger partial charge in [-0.05, 0) is 44.0 Å². The molecule has 1 aromatic rings. The van der Waals surface area contributed by atoms with Crippen molar-refractivity contribution < 1.29 is 9.53 Å². The molecule has 0 saturated carbocycles. The highest BCUT2D eigenvalue weighted by Gasteiger charge is 2.21. The lowest BCUT2D eigenvalue weighted by atomic mass is 10.1. The van der Waals surface area contributed by atoms with Crippen molar-refractivity contribution in [1.82, 2.24) is 4.90 Å². The molecule has 1 aromatic carbocycles. The Morgan fingerprint density at radius 2 is 2.00 bits per heavy atom. The predicted octanol–water partition coefficient (Wildman–Crippen LogP) is 2.37. The van der Waals surface area contributed by atoms with Crippen molar-refractivity contribution in [3.05, 3.63) is 29.8 Å². The molecule has 0 aliphatic carbocycles. The Kier molecular flexibility index (Phi) is 4.43. The van der Waals surface area contributed by atoms with Gasteiger partial charge in [0, 0.05) is 31.9 Å². The van der Waals surface area contributed by atoms with E-state index in [4.69, 9.17) is 4.74 Å². The van der Waals surface area contributed by atoms with Gasteiger partial charge in [0.25, 0.3) is 5.91 Å². The molecule has 4 heteroatoms. The maximum atomic E-state index is 11.7. The molecule has 1 aliphatic rings. The van der Waals surface area contributed by atoms with Gasteiger partial charge in [-0.3, -0.25) is 4.79 Å². The molecule has 2 atom stereocenters. The molecule has 19 heavy (non-hydrogen) atoms. The number of nitrogens with zero attached hydrogens (tertiary/aromatic N) is 1. The van der Waals surface area contributed by atoms with Crippen LogP contribution in [0, 0.1) is 0 Å². The van der Waals surface area contributed by atoms with E-state index in [1.54, 1.807) is 19.0 Å². The van der Waals surface area contributed by atoms with E-state index >= 15 is 0 Å². The molecule has 4 nitrogen and oxygen atoms in total. The summed E-state index contributed by atoms with van der Waals surface area (Å²) >= 11 is 0. The Morgan fingerprint density at radius 3 is 2.53 bits per heavy atom. The van der Waals surface area contributed by atoms with Crippen LogP contribution < -0.4 is 5.32 Å². The van der Waals surface area contributed by atoms with E-state index in [9.17, 15) is 4.79 Å². The van der Waals surface area contributed by atoms with Crippen molar-refractivity contribution in [2.24, 2.45) is 0 Å². The fraction of sp³-hybridized carbons (Fsp3) is 0.533. The highest BCUT2D eigenvalue weighted by atomic mass is 16.5. The fourth-order valence-electron chi connectivity index (χ4n) is 2.26. The second-order valence-electron chi connectivity index (χ2n) is 5.30. The normalized spacial score (nSPS) is 22.3. The summed E-state index contributed by atoms with van der Waals surface area (Å²) in [5.74, 6) is 0.0273. The van der Waals surface area contributed by atoms with Gasteiger partial charge in [-0.15, -0.1) is 0 Å². The van der Waals surface area contributed by atoms with E-state index < -0.39 is 0 Å². The molecule has 1 amide bonds. The zero-order valence-corrected chi connectivity index (χ0v) is 11.8. The third kappa shape index (κ3) is 3.70. The third-order valence-electron chi connectivity index (χ3n) is 3.39. The first kappa shape index (κ1) is 13.9. The lowest BCUT2D eigenvalue weighted by Crippen LogP contribution is -2.22. The number of hydrogen-bond donors (Lipinski definition) is 1. The predicted molar refractivity (Wildman–Crippen MR) is 76.5 cm³/mol. The number of hydrogen-bond acceptors (Lipinski definition) is 3. The molecule has 1 aliphatic heterocycles. The molecule has 1 saturated heterocycles. The van der Waals surface area contributed by atoms with Crippen molar-refractivity contribution in [1.29, 1.82) is 0 Å². The number of nitrogens with one attached hydrogen (secondary N) is 1. The Balaban J connectivity index is 1.87. The van der Waals surface area contributed by atoms with Crippen LogP contribution >= 0.6 is 0 Å². The van der Waals surface area contributed by atoms with Gasteiger partial charge in [-0.25, -0.2) is 0 Å². The highest BCUT2D eigenvalue weighted by molar-refractivity contribution is 5.94. The van der Waals surface area contributed by atoms with Crippen LogP contribution in [0.25, 0.3) is 0 Å². The minimum atomic E-state index is 0.0273. The zero-order valence-electron chi connectivity index (χ0n) is 11.8. The van der Waals surface area contributed by atoms with Gasteiger partial charge < -0.3 is 15.0 Å². The van der Waals surface area contributed by atoms with Gasteiger partial charge in [0.1, 0.15) is 0 Å². The maximum Gasteiger partial charge on any atom is 0.253 e. The van der Waals surface area contributed by atoms with Crippen LogP contribution in [0.2, 0.25) is 0 Å². The summed E-state index contributed by atoms with van der Waals surface area (Å²) in [5.41, 5.74) is 1.74. The topological polar surface area (TPSA) is 41.6 Å². The van der Waals surface area contributed by atoms with Gasteiger partial charge in [0.2, 0.25) is 0 Å². The van der Waals surface area contributed by atoms with Crippen LogP contribution in [0.5, 0.6) is 0 Å². The first-order valence-corrected chi connectivity index (χ1v) is 6.77. The molecule has 2 unspecified atom stereocenters. The average Bonchev–Trinajstić information content (AvgIpc) is 2.82. The first-order chi connectivity index (χ1) is 9.06. The summed E-state index contributed by atoms with van der Waals surface area (Å²) in [6.07, 6.45) is 2.94. The van der Waals surface area contributed by atoms with E-state index in [0.717, 1.165) is 25.1 Å². The van der Waals surface area contributed by atoms with Crippen molar-refractivity contribution in [3.8, 4) is 0 Å². The van der Waals surface area contributed by atoms with E-state index in [-0.39, 0.29) is 5.91 Å². The number of carbonyl (C=O) groups is 1. The summed E-state index contributed by atoms with van der Waals surface area (Å²) in [7, 11) is 3.51. The molecule has 0 radical (unpaired) electrons. The second kappa shape index (κ2) is 6.06. The van der Waals surface area contributed by atoms with Crippen LogP contribution in [0.15, 0.2) is 24.3 Å². The molecular weight excluding hydrogens is 240 g/mol. The van der Waals surface area contributed by atoms with Crippen LogP contribution in [0.4, 0.5) is 5.69 Å². The number of rotatable bonds is 4. The Bertz CT molecular complexity index is 428. The number of ether oxygens (including phenoxy) is 1. The van der Waals surface area contributed by atoms with Gasteiger partial charge in [-0.1, -0.05) is 0 Å². The summed E-state index contributed by atoms with van der Waals surface area (Å²) < 4.78 is 5.75. The molecule has 2 rings (SSSR count). The van der Waals surface area contributed by atoms with Crippen LogP contribution in [0.1, 0.15) is 30.1 Å². The number of carbonyl (C=O) groups excluding carboxylic acids is 1. The van der Waals surface area contributed by atoms with E-state index in [1.165, 1.54) is 0 Å². The minimum absolute atomic E-state index is 0.0273. The van der Waals surface area contributed by atoms with Gasteiger partial charge in [0.15, 0.2) is 0 Å². The van der Waals surface area contributed by atoms with Gasteiger partial charge >= 0.3 is 0 Å². The third-order valence-corrected chi connectivity index (χ3v) is 3.39. The van der Waals surface area contributed by atoms with Gasteiger partial charge in [0.05, 0.1) is 12.2 Å². The van der Waals surface area contributed by atoms with Crippen molar-refractivity contribution in [3.63, 3.8) is 0 Å². The Labute approximate surface area is 114 Å². The smallest absolute Gasteiger partial charge is 0.253 e. The largest absolute Gasteiger partial charge is 0.382 e. The van der Waals surface area contributed by atoms with Crippen LogP contribution in [0.3, 0.4) is 0 Å². The molecule has 104 valence electrons. The minimum Gasteiger partial charge on any atom is -0.382 e. The standard InChI is InChI=1S/C15H22N2O2/c1-11-4-9-14(19-11)10-16-13-7-5-12(6-8-13)15(18)17(2)3/h5-8,11,14,16H,4,9-10H2,1-3H3. The number of benzene rings is 1. The van der Waals surface area contributed by atoms with E-state index in [0.29, 0.717) is 17.8 Å². The van der Waals surface area contributed by atoms with Crippen LogP contribution in [-0.4, -0.2) is 43.7 Å².